The van der Waals surface area contributed by atoms with E-state index in [1.165, 1.54) is 12.1 Å². The fourth-order valence-electron chi connectivity index (χ4n) is 1.01. The van der Waals surface area contributed by atoms with Crippen LogP contribution in [0.1, 0.15) is 0 Å². The van der Waals surface area contributed by atoms with E-state index in [2.05, 4.69) is 10.2 Å². The predicted octanol–water partition coefficient (Wildman–Crippen LogP) is 3.14. The van der Waals surface area contributed by atoms with Gasteiger partial charge in [-0.1, -0.05) is 0 Å². The van der Waals surface area contributed by atoms with Crippen LogP contribution in [0.25, 0.3) is 11.5 Å². The van der Waals surface area contributed by atoms with Gasteiger partial charge in [0.2, 0.25) is 5.89 Å². The van der Waals surface area contributed by atoms with Gasteiger partial charge in [0, 0.05) is 3.57 Å². The molecule has 0 aliphatic heterocycles. The quantitative estimate of drug-likeness (QED) is 0.648. The lowest BCUT2D eigenvalue weighted by molar-refractivity contribution is 0.551. The molecule has 0 aliphatic carbocycles. The van der Waals surface area contributed by atoms with Gasteiger partial charge in [-0.3, -0.25) is 0 Å². The molecule has 0 spiro atoms. The predicted molar refractivity (Wildman–Crippen MR) is 59.8 cm³/mol. The maximum absolute atomic E-state index is 12.8. The van der Waals surface area contributed by atoms with E-state index in [9.17, 15) is 4.39 Å². The highest BCUT2D eigenvalue weighted by atomic mass is 127. The monoisotopic (exact) mass is 322 g/mol. The summed E-state index contributed by atoms with van der Waals surface area (Å²) in [6.07, 6.45) is 0. The second-order valence-electron chi connectivity index (χ2n) is 2.54. The topological polar surface area (TPSA) is 41.8 Å². The van der Waals surface area contributed by atoms with Crippen LogP contribution in [0.2, 0.25) is 0 Å². The molecule has 0 unspecified atom stereocenters. The number of aromatic amines is 1. The van der Waals surface area contributed by atoms with Crippen molar-refractivity contribution in [3.63, 3.8) is 0 Å². The highest BCUT2D eigenvalue weighted by Gasteiger charge is 2.08. The van der Waals surface area contributed by atoms with Gasteiger partial charge in [-0.2, -0.15) is 0 Å². The van der Waals surface area contributed by atoms with E-state index >= 15 is 0 Å². The molecular formula is C8H4FIN2OS. The van der Waals surface area contributed by atoms with Crippen LogP contribution in [-0.2, 0) is 0 Å². The SMILES string of the molecule is Fc1ccc(-c2n[nH]c(=S)o2)c(I)c1. The smallest absolute Gasteiger partial charge is 0.284 e. The molecule has 0 amide bonds. The number of H-pyrrole nitrogens is 1. The molecule has 0 radical (unpaired) electrons. The van der Waals surface area contributed by atoms with Gasteiger partial charge < -0.3 is 4.42 Å². The Kier molecular flexibility index (Phi) is 2.64. The van der Waals surface area contributed by atoms with Crippen molar-refractivity contribution in [2.75, 3.05) is 0 Å². The Morgan fingerprint density at radius 2 is 2.29 bits per heavy atom. The lowest BCUT2D eigenvalue weighted by Gasteiger charge is -1.97. The summed E-state index contributed by atoms with van der Waals surface area (Å²) in [6.45, 7) is 0. The normalized spacial score (nSPS) is 10.4. The van der Waals surface area contributed by atoms with Crippen molar-refractivity contribution in [3.8, 4) is 11.5 Å². The third-order valence-corrected chi connectivity index (χ3v) is 2.67. The standard InChI is InChI=1S/C8H4FIN2OS/c9-4-1-2-5(6(10)3-4)7-11-12-8(14)13-7/h1-3H,(H,12,14). The molecule has 1 N–H and O–H groups in total. The first-order chi connectivity index (χ1) is 6.66. The number of rotatable bonds is 1. The number of nitrogens with one attached hydrogen (secondary N) is 1. The van der Waals surface area contributed by atoms with E-state index in [0.29, 0.717) is 5.89 Å². The van der Waals surface area contributed by atoms with E-state index in [-0.39, 0.29) is 10.7 Å². The zero-order valence-electron chi connectivity index (χ0n) is 6.75. The minimum Gasteiger partial charge on any atom is -0.409 e. The minimum absolute atomic E-state index is 0.208. The average molecular weight is 322 g/mol. The van der Waals surface area contributed by atoms with Crippen molar-refractivity contribution in [2.45, 2.75) is 0 Å². The highest BCUT2D eigenvalue weighted by molar-refractivity contribution is 14.1. The summed E-state index contributed by atoms with van der Waals surface area (Å²) in [4.78, 5) is 0.208. The van der Waals surface area contributed by atoms with E-state index in [4.69, 9.17) is 16.6 Å². The maximum Gasteiger partial charge on any atom is 0.284 e. The second kappa shape index (κ2) is 3.77. The lowest BCUT2D eigenvalue weighted by atomic mass is 10.2. The van der Waals surface area contributed by atoms with Crippen LogP contribution in [0.15, 0.2) is 22.6 Å². The first-order valence-corrected chi connectivity index (χ1v) is 5.16. The molecule has 0 atom stereocenters. The Bertz CT molecular complexity index is 522. The molecule has 0 aliphatic rings. The van der Waals surface area contributed by atoms with Gasteiger partial charge in [-0.15, -0.1) is 5.10 Å². The summed E-state index contributed by atoms with van der Waals surface area (Å²) in [5.74, 6) is 0.0895. The summed E-state index contributed by atoms with van der Waals surface area (Å²) >= 11 is 6.75. The molecule has 3 nitrogen and oxygen atoms in total. The average Bonchev–Trinajstić information content (AvgIpc) is 2.51. The zero-order chi connectivity index (χ0) is 10.1. The molecule has 14 heavy (non-hydrogen) atoms. The summed E-state index contributed by atoms with van der Waals surface area (Å²) in [6, 6.07) is 4.36. The third kappa shape index (κ3) is 1.85. The molecule has 1 aromatic heterocycles. The summed E-state index contributed by atoms with van der Waals surface area (Å²) < 4.78 is 18.6. The Hall–Kier alpha value is -0.760. The molecule has 1 aromatic carbocycles. The second-order valence-corrected chi connectivity index (χ2v) is 4.08. The number of hydrogen-bond donors (Lipinski definition) is 1. The fraction of sp³-hybridized carbons (Fsp3) is 0. The van der Waals surface area contributed by atoms with Gasteiger partial charge in [-0.05, 0) is 53.0 Å². The molecule has 0 saturated carbocycles. The Labute approximate surface area is 97.5 Å². The minimum atomic E-state index is -0.285. The molecular weight excluding hydrogens is 318 g/mol. The van der Waals surface area contributed by atoms with Crippen molar-refractivity contribution in [1.29, 1.82) is 0 Å². The van der Waals surface area contributed by atoms with Gasteiger partial charge in [-0.25, -0.2) is 9.49 Å². The summed E-state index contributed by atoms with van der Waals surface area (Å²) in [7, 11) is 0. The molecule has 0 fully saturated rings. The number of benzene rings is 1. The highest BCUT2D eigenvalue weighted by Crippen LogP contribution is 2.23. The van der Waals surface area contributed by atoms with Gasteiger partial charge >= 0.3 is 0 Å². The van der Waals surface area contributed by atoms with Gasteiger partial charge in [0.1, 0.15) is 5.82 Å². The van der Waals surface area contributed by atoms with Gasteiger partial charge in [0.05, 0.1) is 5.56 Å². The van der Waals surface area contributed by atoms with E-state index in [1.54, 1.807) is 6.07 Å². The molecule has 6 heteroatoms. The summed E-state index contributed by atoms with van der Waals surface area (Å²) in [5.41, 5.74) is 0.722. The van der Waals surface area contributed by atoms with Crippen molar-refractivity contribution in [2.24, 2.45) is 0 Å². The molecule has 0 saturated heterocycles. The lowest BCUT2D eigenvalue weighted by Crippen LogP contribution is -1.84. The molecule has 0 bridgehead atoms. The van der Waals surface area contributed by atoms with Gasteiger partial charge in [0.15, 0.2) is 0 Å². The fourth-order valence-corrected chi connectivity index (χ4v) is 1.84. The van der Waals surface area contributed by atoms with Crippen LogP contribution in [0.5, 0.6) is 0 Å². The summed E-state index contributed by atoms with van der Waals surface area (Å²) in [5, 5.41) is 6.36. The van der Waals surface area contributed by atoms with E-state index in [1.807, 2.05) is 22.6 Å². The van der Waals surface area contributed by atoms with Crippen LogP contribution in [0, 0.1) is 14.2 Å². The van der Waals surface area contributed by atoms with Crippen molar-refractivity contribution in [3.05, 3.63) is 32.4 Å². The van der Waals surface area contributed by atoms with Crippen molar-refractivity contribution >= 4 is 34.8 Å². The largest absolute Gasteiger partial charge is 0.409 e. The van der Waals surface area contributed by atoms with Crippen LogP contribution in [0.3, 0.4) is 0 Å². The van der Waals surface area contributed by atoms with E-state index < -0.39 is 0 Å². The van der Waals surface area contributed by atoms with Gasteiger partial charge in [0.25, 0.3) is 4.84 Å². The van der Waals surface area contributed by atoms with Crippen molar-refractivity contribution < 1.29 is 8.81 Å². The first-order valence-electron chi connectivity index (χ1n) is 3.68. The first kappa shape index (κ1) is 9.78. The Morgan fingerprint density at radius 1 is 1.50 bits per heavy atom. The number of hydrogen-bond acceptors (Lipinski definition) is 3. The van der Waals surface area contributed by atoms with Crippen LogP contribution >= 0.6 is 34.8 Å². The molecule has 72 valence electrons. The number of halogens is 2. The zero-order valence-corrected chi connectivity index (χ0v) is 9.73. The molecule has 1 heterocycles. The third-order valence-electron chi connectivity index (χ3n) is 1.60. The van der Waals surface area contributed by atoms with Crippen molar-refractivity contribution in [1.82, 2.24) is 10.2 Å². The Balaban J connectivity index is 2.57. The molecule has 2 rings (SSSR count). The Morgan fingerprint density at radius 3 is 2.86 bits per heavy atom. The van der Waals surface area contributed by atoms with Crippen LogP contribution in [0.4, 0.5) is 4.39 Å². The van der Waals surface area contributed by atoms with Crippen LogP contribution in [-0.4, -0.2) is 10.2 Å². The van der Waals surface area contributed by atoms with E-state index in [0.717, 1.165) is 9.13 Å². The number of aromatic nitrogens is 2. The maximum atomic E-state index is 12.8. The molecule has 2 aromatic rings. The van der Waals surface area contributed by atoms with Crippen LogP contribution < -0.4 is 0 Å². The number of nitrogens with zero attached hydrogens (tertiary/aromatic N) is 1.